The van der Waals surface area contributed by atoms with Crippen LogP contribution in [0.4, 0.5) is 13.2 Å². The molecule has 0 bridgehead atoms. The number of alkyl halides is 3. The van der Waals surface area contributed by atoms with Gasteiger partial charge in [-0.25, -0.2) is 0 Å². The maximum absolute atomic E-state index is 12.0. The molecular weight excluding hydrogens is 217 g/mol. The number of rotatable bonds is 3. The van der Waals surface area contributed by atoms with Crippen molar-refractivity contribution in [3.8, 4) is 0 Å². The average molecular weight is 236 g/mol. The fourth-order valence-electron chi connectivity index (χ4n) is 3.03. The van der Waals surface area contributed by atoms with E-state index in [2.05, 4.69) is 17.1 Å². The summed E-state index contributed by atoms with van der Waals surface area (Å²) >= 11 is 0. The van der Waals surface area contributed by atoms with Gasteiger partial charge in [-0.3, -0.25) is 4.90 Å². The van der Waals surface area contributed by atoms with E-state index in [0.29, 0.717) is 24.4 Å². The zero-order chi connectivity index (χ0) is 11.8. The second-order valence-corrected chi connectivity index (χ2v) is 5.04. The van der Waals surface area contributed by atoms with Crippen LogP contribution in [-0.4, -0.2) is 43.3 Å². The molecule has 0 aromatic carbocycles. The first-order valence-corrected chi connectivity index (χ1v) is 5.99. The van der Waals surface area contributed by atoms with Crippen LogP contribution < -0.4 is 5.32 Å². The number of fused-ring (bicyclic) bond motifs is 1. The largest absolute Gasteiger partial charge is 0.389 e. The van der Waals surface area contributed by atoms with Crippen LogP contribution in [0.2, 0.25) is 0 Å². The Morgan fingerprint density at radius 3 is 2.69 bits per heavy atom. The third-order valence-corrected chi connectivity index (χ3v) is 3.96. The molecule has 16 heavy (non-hydrogen) atoms. The lowest BCUT2D eigenvalue weighted by Crippen LogP contribution is -2.34. The van der Waals surface area contributed by atoms with Crippen molar-refractivity contribution in [2.45, 2.75) is 32.0 Å². The number of likely N-dealkylation sites (tertiary alicyclic amines) is 1. The van der Waals surface area contributed by atoms with Crippen LogP contribution in [0.3, 0.4) is 0 Å². The number of hydrogen-bond donors (Lipinski definition) is 1. The fraction of sp³-hybridized carbons (Fsp3) is 1.00. The van der Waals surface area contributed by atoms with Crippen molar-refractivity contribution in [2.24, 2.45) is 11.8 Å². The topological polar surface area (TPSA) is 15.3 Å². The minimum Gasteiger partial charge on any atom is -0.316 e. The highest BCUT2D eigenvalue weighted by Crippen LogP contribution is 2.32. The Labute approximate surface area is 94.2 Å². The average Bonchev–Trinajstić information content (AvgIpc) is 2.69. The predicted octanol–water partition coefficient (Wildman–Crippen LogP) is 1.87. The van der Waals surface area contributed by atoms with Crippen LogP contribution in [0.25, 0.3) is 0 Å². The highest BCUT2D eigenvalue weighted by Gasteiger charge is 2.41. The maximum atomic E-state index is 12.0. The van der Waals surface area contributed by atoms with Gasteiger partial charge in [0.2, 0.25) is 0 Å². The number of hydrogen-bond acceptors (Lipinski definition) is 2. The second-order valence-electron chi connectivity index (χ2n) is 5.04. The van der Waals surface area contributed by atoms with E-state index in [1.165, 1.54) is 0 Å². The Balaban J connectivity index is 1.75. The summed E-state index contributed by atoms with van der Waals surface area (Å²) in [5.74, 6) is 1.30. The van der Waals surface area contributed by atoms with Crippen molar-refractivity contribution >= 4 is 0 Å². The van der Waals surface area contributed by atoms with Gasteiger partial charge in [-0.2, -0.15) is 13.2 Å². The van der Waals surface area contributed by atoms with Crippen molar-refractivity contribution in [1.29, 1.82) is 0 Å². The van der Waals surface area contributed by atoms with Gasteiger partial charge in [0.1, 0.15) is 0 Å². The molecule has 2 aliphatic rings. The molecule has 2 rings (SSSR count). The van der Waals surface area contributed by atoms with Crippen molar-refractivity contribution in [2.75, 3.05) is 26.2 Å². The Morgan fingerprint density at radius 2 is 2.06 bits per heavy atom. The van der Waals surface area contributed by atoms with Gasteiger partial charge in [0.25, 0.3) is 0 Å². The summed E-state index contributed by atoms with van der Waals surface area (Å²) in [6.07, 6.45) is -4.41. The van der Waals surface area contributed by atoms with E-state index in [9.17, 15) is 13.2 Å². The highest BCUT2D eigenvalue weighted by atomic mass is 19.4. The van der Waals surface area contributed by atoms with E-state index in [0.717, 1.165) is 19.6 Å². The van der Waals surface area contributed by atoms with Crippen molar-refractivity contribution in [3.63, 3.8) is 0 Å². The van der Waals surface area contributed by atoms with Crippen LogP contribution >= 0.6 is 0 Å². The van der Waals surface area contributed by atoms with Crippen LogP contribution in [0.1, 0.15) is 19.8 Å². The van der Waals surface area contributed by atoms with E-state index < -0.39 is 12.6 Å². The van der Waals surface area contributed by atoms with Crippen LogP contribution in [0.5, 0.6) is 0 Å². The van der Waals surface area contributed by atoms with Crippen LogP contribution in [0.15, 0.2) is 0 Å². The Bertz CT molecular complexity index is 242. The Kier molecular flexibility index (Phi) is 3.45. The molecule has 0 aromatic rings. The Hall–Kier alpha value is -0.290. The molecule has 3 atom stereocenters. The lowest BCUT2D eigenvalue weighted by atomic mass is 9.95. The number of nitrogens with zero attached hydrogens (tertiary/aromatic N) is 1. The zero-order valence-electron chi connectivity index (χ0n) is 9.56. The monoisotopic (exact) mass is 236 g/mol. The van der Waals surface area contributed by atoms with Gasteiger partial charge in [0, 0.05) is 19.0 Å². The molecule has 2 heterocycles. The van der Waals surface area contributed by atoms with Gasteiger partial charge in [-0.05, 0) is 44.8 Å². The van der Waals surface area contributed by atoms with Gasteiger partial charge >= 0.3 is 6.18 Å². The third-order valence-electron chi connectivity index (χ3n) is 3.96. The standard InChI is InChI=1S/C11H19F3N2/c1-8-10-6-15-5-9(10)7-16(8)4-2-3-11(12,13)14/h8-10,15H,2-7H2,1H3. The van der Waals surface area contributed by atoms with E-state index in [-0.39, 0.29) is 6.42 Å². The third kappa shape index (κ3) is 2.69. The zero-order valence-corrected chi connectivity index (χ0v) is 9.56. The summed E-state index contributed by atoms with van der Waals surface area (Å²) in [6.45, 7) is 5.77. The first kappa shape index (κ1) is 12.2. The SMILES string of the molecule is CC1C2CNCC2CN1CCCC(F)(F)F. The molecule has 2 saturated heterocycles. The maximum Gasteiger partial charge on any atom is 0.389 e. The molecular formula is C11H19F3N2. The Morgan fingerprint density at radius 1 is 1.31 bits per heavy atom. The summed E-state index contributed by atoms with van der Waals surface area (Å²) in [4.78, 5) is 2.22. The van der Waals surface area contributed by atoms with Gasteiger partial charge in [0.05, 0.1) is 0 Å². The van der Waals surface area contributed by atoms with Crippen LogP contribution in [0, 0.1) is 11.8 Å². The molecule has 0 aliphatic carbocycles. The van der Waals surface area contributed by atoms with Crippen molar-refractivity contribution < 1.29 is 13.2 Å². The second kappa shape index (κ2) is 4.53. The molecule has 1 N–H and O–H groups in total. The van der Waals surface area contributed by atoms with E-state index in [1.54, 1.807) is 0 Å². The van der Waals surface area contributed by atoms with Gasteiger partial charge in [-0.1, -0.05) is 0 Å². The minimum atomic E-state index is -4.00. The molecule has 3 unspecified atom stereocenters. The van der Waals surface area contributed by atoms with Gasteiger partial charge < -0.3 is 5.32 Å². The van der Waals surface area contributed by atoms with Crippen LogP contribution in [-0.2, 0) is 0 Å². The molecule has 0 aromatic heterocycles. The van der Waals surface area contributed by atoms with Crippen molar-refractivity contribution in [1.82, 2.24) is 10.2 Å². The lowest BCUT2D eigenvalue weighted by molar-refractivity contribution is -0.136. The minimum absolute atomic E-state index is 0.237. The van der Waals surface area contributed by atoms with E-state index in [4.69, 9.17) is 0 Å². The fourth-order valence-corrected chi connectivity index (χ4v) is 3.03. The number of nitrogens with one attached hydrogen (secondary N) is 1. The first-order valence-electron chi connectivity index (χ1n) is 5.99. The predicted molar refractivity (Wildman–Crippen MR) is 56.2 cm³/mol. The molecule has 0 saturated carbocycles. The molecule has 2 nitrogen and oxygen atoms in total. The normalized spacial score (nSPS) is 35.6. The van der Waals surface area contributed by atoms with Gasteiger partial charge in [-0.15, -0.1) is 0 Å². The van der Waals surface area contributed by atoms with E-state index in [1.807, 2.05) is 0 Å². The molecule has 0 radical (unpaired) electrons. The van der Waals surface area contributed by atoms with Gasteiger partial charge in [0.15, 0.2) is 0 Å². The quantitative estimate of drug-likeness (QED) is 0.804. The molecule has 2 aliphatic heterocycles. The smallest absolute Gasteiger partial charge is 0.316 e. The molecule has 0 amide bonds. The summed E-state index contributed by atoms with van der Waals surface area (Å²) in [7, 11) is 0. The summed E-state index contributed by atoms with van der Waals surface area (Å²) in [6, 6.07) is 0.438. The molecule has 0 spiro atoms. The van der Waals surface area contributed by atoms with E-state index >= 15 is 0 Å². The summed E-state index contributed by atoms with van der Waals surface area (Å²) < 4.78 is 36.1. The lowest BCUT2D eigenvalue weighted by Gasteiger charge is -2.24. The first-order chi connectivity index (χ1) is 7.47. The van der Waals surface area contributed by atoms with Crippen molar-refractivity contribution in [3.05, 3.63) is 0 Å². The highest BCUT2D eigenvalue weighted by molar-refractivity contribution is 4.96. The molecule has 5 heteroatoms. The molecule has 2 fully saturated rings. The molecule has 94 valence electrons. The summed E-state index contributed by atoms with van der Waals surface area (Å²) in [5.41, 5.74) is 0. The number of halogens is 3. The summed E-state index contributed by atoms with van der Waals surface area (Å²) in [5, 5.41) is 3.35.